The molecule has 0 saturated carbocycles. The molecule has 2 aliphatic rings. The Hall–Kier alpha value is 0.270. The average Bonchev–Trinajstić information content (AvgIpc) is 2.77. The van der Waals surface area contributed by atoms with Gasteiger partial charge in [-0.05, 0) is 45.8 Å². The second-order valence-corrected chi connectivity index (χ2v) is 5.12. The lowest BCUT2D eigenvalue weighted by molar-refractivity contribution is 0.190. The second-order valence-electron chi connectivity index (χ2n) is 4.75. The lowest BCUT2D eigenvalue weighted by atomic mass is 10.2. The van der Waals surface area contributed by atoms with Crippen molar-refractivity contribution in [1.29, 1.82) is 0 Å². The van der Waals surface area contributed by atoms with Crippen molar-refractivity contribution >= 4 is 12.6 Å². The number of likely N-dealkylation sites (N-methyl/N-ethyl adjacent to an activating group) is 1. The molecule has 0 aliphatic carbocycles. The molecule has 2 unspecified atom stereocenters. The molecule has 2 heterocycles. The minimum Gasteiger partial charge on any atom is -0.302 e. The van der Waals surface area contributed by atoms with Crippen molar-refractivity contribution in [2.45, 2.75) is 37.8 Å². The summed E-state index contributed by atoms with van der Waals surface area (Å²) in [4.78, 5) is 5.17. The highest BCUT2D eigenvalue weighted by Gasteiger charge is 2.28. The molecule has 0 bridgehead atoms. The maximum atomic E-state index is 4.44. The Kier molecular flexibility index (Phi) is 3.74. The van der Waals surface area contributed by atoms with Crippen molar-refractivity contribution in [2.75, 3.05) is 32.4 Å². The van der Waals surface area contributed by atoms with Gasteiger partial charge in [-0.25, -0.2) is 0 Å². The molecule has 3 heteroatoms. The van der Waals surface area contributed by atoms with Crippen molar-refractivity contribution in [3.63, 3.8) is 0 Å². The number of nitrogens with zero attached hydrogens (tertiary/aromatic N) is 2. The Balaban J connectivity index is 1.83. The lowest BCUT2D eigenvalue weighted by Crippen LogP contribution is -2.41. The van der Waals surface area contributed by atoms with Gasteiger partial charge in [-0.2, -0.15) is 12.6 Å². The van der Waals surface area contributed by atoms with Crippen LogP contribution in [0.5, 0.6) is 0 Å². The summed E-state index contributed by atoms with van der Waals surface area (Å²) in [5.74, 6) is 1.04. The lowest BCUT2D eigenvalue weighted by Gasteiger charge is -2.29. The van der Waals surface area contributed by atoms with Crippen LogP contribution in [0.15, 0.2) is 0 Å². The van der Waals surface area contributed by atoms with E-state index in [2.05, 4.69) is 29.5 Å². The van der Waals surface area contributed by atoms with Gasteiger partial charge < -0.3 is 4.90 Å². The SMILES string of the molecule is CN1CCCC1CN1CCCC1CS. The second kappa shape index (κ2) is 4.86. The quantitative estimate of drug-likeness (QED) is 0.711. The van der Waals surface area contributed by atoms with Crippen LogP contribution in [-0.4, -0.2) is 54.3 Å². The highest BCUT2D eigenvalue weighted by atomic mass is 32.1. The van der Waals surface area contributed by atoms with E-state index in [0.717, 1.165) is 17.8 Å². The first-order valence-corrected chi connectivity index (χ1v) is 6.49. The van der Waals surface area contributed by atoms with Crippen LogP contribution in [0.4, 0.5) is 0 Å². The highest BCUT2D eigenvalue weighted by Crippen LogP contribution is 2.22. The number of likely N-dealkylation sites (tertiary alicyclic amines) is 2. The fourth-order valence-electron chi connectivity index (χ4n) is 2.82. The third-order valence-corrected chi connectivity index (χ3v) is 4.25. The smallest absolute Gasteiger partial charge is 0.0220 e. The van der Waals surface area contributed by atoms with Crippen LogP contribution in [-0.2, 0) is 0 Å². The largest absolute Gasteiger partial charge is 0.302 e. The molecule has 2 rings (SSSR count). The first kappa shape index (κ1) is 10.8. The summed E-state index contributed by atoms with van der Waals surface area (Å²) in [5, 5.41) is 0. The van der Waals surface area contributed by atoms with Gasteiger partial charge in [0.2, 0.25) is 0 Å². The fourth-order valence-corrected chi connectivity index (χ4v) is 3.24. The molecule has 0 amide bonds. The summed E-state index contributed by atoms with van der Waals surface area (Å²) >= 11 is 4.44. The van der Waals surface area contributed by atoms with Gasteiger partial charge in [-0.3, -0.25) is 4.90 Å². The van der Waals surface area contributed by atoms with Crippen LogP contribution in [0.25, 0.3) is 0 Å². The van der Waals surface area contributed by atoms with Crippen LogP contribution in [0, 0.1) is 0 Å². The molecule has 0 radical (unpaired) electrons. The Morgan fingerprint density at radius 1 is 1.14 bits per heavy atom. The van der Waals surface area contributed by atoms with E-state index in [1.54, 1.807) is 0 Å². The van der Waals surface area contributed by atoms with E-state index >= 15 is 0 Å². The minimum absolute atomic E-state index is 0.757. The maximum absolute atomic E-state index is 4.44. The summed E-state index contributed by atoms with van der Waals surface area (Å²) < 4.78 is 0. The van der Waals surface area contributed by atoms with E-state index in [1.807, 2.05) is 0 Å². The van der Waals surface area contributed by atoms with Crippen molar-refractivity contribution in [1.82, 2.24) is 9.80 Å². The first-order valence-electron chi connectivity index (χ1n) is 5.86. The van der Waals surface area contributed by atoms with E-state index in [4.69, 9.17) is 0 Å². The Morgan fingerprint density at radius 3 is 2.50 bits per heavy atom. The monoisotopic (exact) mass is 214 g/mol. The molecule has 0 N–H and O–H groups in total. The third kappa shape index (κ3) is 2.26. The topological polar surface area (TPSA) is 6.48 Å². The zero-order chi connectivity index (χ0) is 9.97. The summed E-state index contributed by atoms with van der Waals surface area (Å²) in [6.45, 7) is 3.88. The van der Waals surface area contributed by atoms with E-state index in [-0.39, 0.29) is 0 Å². The molecule has 0 aromatic heterocycles. The van der Waals surface area contributed by atoms with Gasteiger partial charge in [0.15, 0.2) is 0 Å². The molecule has 2 nitrogen and oxygen atoms in total. The van der Waals surface area contributed by atoms with Gasteiger partial charge in [-0.1, -0.05) is 0 Å². The normalized spacial score (nSPS) is 35.6. The Morgan fingerprint density at radius 2 is 1.86 bits per heavy atom. The van der Waals surface area contributed by atoms with Crippen LogP contribution in [0.3, 0.4) is 0 Å². The highest BCUT2D eigenvalue weighted by molar-refractivity contribution is 7.80. The summed E-state index contributed by atoms with van der Waals surface area (Å²) in [5.41, 5.74) is 0. The molecule has 14 heavy (non-hydrogen) atoms. The summed E-state index contributed by atoms with van der Waals surface area (Å²) in [6.07, 6.45) is 5.52. The number of hydrogen-bond donors (Lipinski definition) is 1. The minimum atomic E-state index is 0.757. The van der Waals surface area contributed by atoms with Crippen molar-refractivity contribution in [2.24, 2.45) is 0 Å². The molecule has 2 fully saturated rings. The molecule has 2 atom stereocenters. The summed E-state index contributed by atoms with van der Waals surface area (Å²) in [6, 6.07) is 1.57. The van der Waals surface area contributed by atoms with Gasteiger partial charge in [0.1, 0.15) is 0 Å². The molecule has 0 aromatic rings. The van der Waals surface area contributed by atoms with E-state index in [1.165, 1.54) is 45.3 Å². The van der Waals surface area contributed by atoms with Crippen LogP contribution in [0.2, 0.25) is 0 Å². The number of rotatable bonds is 3. The number of hydrogen-bond acceptors (Lipinski definition) is 3. The van der Waals surface area contributed by atoms with Crippen LogP contribution in [0.1, 0.15) is 25.7 Å². The molecule has 0 aromatic carbocycles. The molecule has 2 saturated heterocycles. The predicted molar refractivity (Wildman–Crippen MR) is 64.1 cm³/mol. The Bertz CT molecular complexity index is 186. The van der Waals surface area contributed by atoms with Gasteiger partial charge in [-0.15, -0.1) is 0 Å². The first-order chi connectivity index (χ1) is 6.81. The zero-order valence-corrected chi connectivity index (χ0v) is 10.0. The van der Waals surface area contributed by atoms with Crippen molar-refractivity contribution < 1.29 is 0 Å². The predicted octanol–water partition coefficient (Wildman–Crippen LogP) is 1.47. The van der Waals surface area contributed by atoms with Crippen molar-refractivity contribution in [3.05, 3.63) is 0 Å². The van der Waals surface area contributed by atoms with Gasteiger partial charge in [0.25, 0.3) is 0 Å². The molecule has 82 valence electrons. The van der Waals surface area contributed by atoms with E-state index < -0.39 is 0 Å². The van der Waals surface area contributed by atoms with Gasteiger partial charge in [0, 0.05) is 24.4 Å². The molecule has 2 aliphatic heterocycles. The molecular formula is C11H22N2S. The number of thiol groups is 1. The van der Waals surface area contributed by atoms with Crippen LogP contribution < -0.4 is 0 Å². The van der Waals surface area contributed by atoms with E-state index in [9.17, 15) is 0 Å². The van der Waals surface area contributed by atoms with Gasteiger partial charge in [0.05, 0.1) is 0 Å². The van der Waals surface area contributed by atoms with Gasteiger partial charge >= 0.3 is 0 Å². The fraction of sp³-hybridized carbons (Fsp3) is 1.00. The molecule has 0 spiro atoms. The van der Waals surface area contributed by atoms with E-state index in [0.29, 0.717) is 0 Å². The third-order valence-electron chi connectivity index (χ3n) is 3.83. The standard InChI is InChI=1S/C11H22N2S/c1-12-6-2-4-10(12)8-13-7-3-5-11(13)9-14/h10-11,14H,2-9H2,1H3. The summed E-state index contributed by atoms with van der Waals surface area (Å²) in [7, 11) is 2.27. The average molecular weight is 214 g/mol. The van der Waals surface area contributed by atoms with Crippen LogP contribution >= 0.6 is 12.6 Å². The maximum Gasteiger partial charge on any atom is 0.0220 e. The Labute approximate surface area is 93.1 Å². The molecular weight excluding hydrogens is 192 g/mol. The zero-order valence-electron chi connectivity index (χ0n) is 9.15. The van der Waals surface area contributed by atoms with Crippen molar-refractivity contribution in [3.8, 4) is 0 Å².